The van der Waals surface area contributed by atoms with Gasteiger partial charge in [0.05, 0.1) is 0 Å². The zero-order chi connectivity index (χ0) is 14.6. The molecule has 0 radical (unpaired) electrons. The fourth-order valence-corrected chi connectivity index (χ4v) is 1.50. The minimum absolute atomic E-state index is 1.25. The second-order valence-corrected chi connectivity index (χ2v) is 4.17. The maximum atomic E-state index is 3.22. The van der Waals surface area contributed by atoms with Crippen molar-refractivity contribution in [2.45, 2.75) is 73.6 Å². The van der Waals surface area contributed by atoms with E-state index in [1.54, 1.807) is 0 Å². The molecule has 2 rings (SSSR count). The third kappa shape index (κ3) is 24.9. The number of rotatable bonds is 0. The van der Waals surface area contributed by atoms with Crippen molar-refractivity contribution in [3.63, 3.8) is 0 Å². The summed E-state index contributed by atoms with van der Waals surface area (Å²) in [6, 6.07) is 0. The molecule has 0 aromatic heterocycles. The van der Waals surface area contributed by atoms with Gasteiger partial charge in [0.1, 0.15) is 0 Å². The lowest BCUT2D eigenvalue weighted by Gasteiger charge is -2.01. The van der Waals surface area contributed by atoms with Crippen LogP contribution < -0.4 is 5.32 Å². The van der Waals surface area contributed by atoms with Gasteiger partial charge in [-0.3, -0.25) is 0 Å². The molecule has 1 N–H and O–H groups in total. The first kappa shape index (κ1) is 23.0. The molecule has 2 fully saturated rings. The summed E-state index contributed by atoms with van der Waals surface area (Å²) in [7, 11) is 2.17. The van der Waals surface area contributed by atoms with Crippen molar-refractivity contribution in [1.29, 1.82) is 0 Å². The summed E-state index contributed by atoms with van der Waals surface area (Å²) < 4.78 is 0. The van der Waals surface area contributed by atoms with Crippen molar-refractivity contribution in [3.05, 3.63) is 0 Å². The molecule has 2 saturated heterocycles. The first-order chi connectivity index (χ1) is 8.81. The number of hydrogen-bond donors (Lipinski definition) is 1. The van der Waals surface area contributed by atoms with Crippen LogP contribution in [0.25, 0.3) is 0 Å². The van der Waals surface area contributed by atoms with Gasteiger partial charge in [0, 0.05) is 0 Å². The first-order valence-electron chi connectivity index (χ1n) is 8.20. The highest BCUT2D eigenvalue weighted by atomic mass is 15.1. The monoisotopic (exact) mass is 260 g/mol. The normalized spacial score (nSPS) is 16.8. The molecule has 0 amide bonds. The third-order valence-electron chi connectivity index (χ3n) is 2.29. The smallest absolute Gasteiger partial charge is 0.00213 e. The van der Waals surface area contributed by atoms with Crippen LogP contribution >= 0.6 is 0 Å². The van der Waals surface area contributed by atoms with E-state index in [2.05, 4.69) is 31.1 Å². The Morgan fingerprint density at radius 2 is 1.11 bits per heavy atom. The van der Waals surface area contributed by atoms with Gasteiger partial charge in [-0.25, -0.2) is 0 Å². The van der Waals surface area contributed by atoms with Crippen LogP contribution in [-0.4, -0.2) is 38.1 Å². The molecule has 0 unspecified atom stereocenters. The van der Waals surface area contributed by atoms with Crippen LogP contribution in [0.3, 0.4) is 0 Å². The molecule has 18 heavy (non-hydrogen) atoms. The highest BCUT2D eigenvalue weighted by Gasteiger charge is 2.03. The number of nitrogens with one attached hydrogen (secondary N) is 1. The van der Waals surface area contributed by atoms with E-state index in [0.29, 0.717) is 0 Å². The van der Waals surface area contributed by atoms with Gasteiger partial charge in [-0.05, 0) is 58.9 Å². The summed E-state index contributed by atoms with van der Waals surface area (Å²) >= 11 is 0. The second kappa shape index (κ2) is 25.7. The van der Waals surface area contributed by atoms with Crippen LogP contribution in [0.15, 0.2) is 0 Å². The summed E-state index contributed by atoms with van der Waals surface area (Å²) in [6.45, 7) is 17.4. The third-order valence-corrected chi connectivity index (χ3v) is 2.29. The molecule has 2 aliphatic heterocycles. The van der Waals surface area contributed by atoms with Crippen LogP contribution in [0.4, 0.5) is 0 Å². The molecule has 0 aromatic carbocycles. The van der Waals surface area contributed by atoms with Crippen LogP contribution in [0, 0.1) is 0 Å². The van der Waals surface area contributed by atoms with Gasteiger partial charge < -0.3 is 10.2 Å². The summed E-state index contributed by atoms with van der Waals surface area (Å²) in [5.74, 6) is 0. The zero-order valence-electron chi connectivity index (χ0n) is 14.3. The Balaban J connectivity index is -0.000000171. The van der Waals surface area contributed by atoms with Gasteiger partial charge in [0.25, 0.3) is 0 Å². The number of nitrogens with zero attached hydrogens (tertiary/aromatic N) is 1. The predicted octanol–water partition coefficient (Wildman–Crippen LogP) is 4.55. The van der Waals surface area contributed by atoms with E-state index in [4.69, 9.17) is 0 Å². The van der Waals surface area contributed by atoms with Gasteiger partial charge >= 0.3 is 0 Å². The molecule has 0 bridgehead atoms. The Hall–Kier alpha value is -0.0800. The lowest BCUT2D eigenvalue weighted by atomic mass is 10.4. The minimum Gasteiger partial charge on any atom is -0.317 e. The molecule has 2 nitrogen and oxygen atoms in total. The summed E-state index contributed by atoms with van der Waals surface area (Å²) in [6.07, 6.45) is 6.85. The van der Waals surface area contributed by atoms with E-state index in [0.717, 1.165) is 0 Å². The van der Waals surface area contributed by atoms with E-state index in [-0.39, 0.29) is 0 Å². The molecule has 0 aliphatic carbocycles. The van der Waals surface area contributed by atoms with Gasteiger partial charge in [-0.1, -0.05) is 48.0 Å². The molecular weight excluding hydrogens is 220 g/mol. The van der Waals surface area contributed by atoms with E-state index in [1.165, 1.54) is 58.3 Å². The van der Waals surface area contributed by atoms with Crippen LogP contribution in [-0.2, 0) is 0 Å². The quantitative estimate of drug-likeness (QED) is 0.687. The standard InChI is InChI=1S/C5H11N.C4H9N.C3H8.2C2H6/c1-6-4-2-3-5-6;1-2-4-5-3-1;1-3-2;2*1-2/h2-5H2,1H3;5H,1-4H2;3H2,1-2H3;2*1-2H3. The fourth-order valence-electron chi connectivity index (χ4n) is 1.50. The molecule has 0 saturated carbocycles. The Morgan fingerprint density at radius 3 is 1.22 bits per heavy atom. The molecule has 0 spiro atoms. The molecule has 2 heteroatoms. The van der Waals surface area contributed by atoms with Crippen molar-refractivity contribution in [3.8, 4) is 0 Å². The Labute approximate surface area is 118 Å². The summed E-state index contributed by atoms with van der Waals surface area (Å²) in [4.78, 5) is 2.36. The Kier molecular flexibility index (Phi) is 32.9. The van der Waals surface area contributed by atoms with Gasteiger partial charge in [0.15, 0.2) is 0 Å². The van der Waals surface area contributed by atoms with E-state index < -0.39 is 0 Å². The van der Waals surface area contributed by atoms with Gasteiger partial charge in [-0.15, -0.1) is 0 Å². The summed E-state index contributed by atoms with van der Waals surface area (Å²) in [5.41, 5.74) is 0. The molecule has 0 atom stereocenters. The summed E-state index contributed by atoms with van der Waals surface area (Å²) in [5, 5.41) is 3.22. The van der Waals surface area contributed by atoms with Crippen LogP contribution in [0.1, 0.15) is 73.6 Å². The van der Waals surface area contributed by atoms with E-state index in [1.807, 2.05) is 27.7 Å². The second-order valence-electron chi connectivity index (χ2n) is 4.17. The predicted molar refractivity (Wildman–Crippen MR) is 87.5 cm³/mol. The average Bonchev–Trinajstić information content (AvgIpc) is 3.10. The van der Waals surface area contributed by atoms with Crippen molar-refractivity contribution < 1.29 is 0 Å². The Morgan fingerprint density at radius 1 is 0.778 bits per heavy atom. The highest BCUT2D eigenvalue weighted by Crippen LogP contribution is 2.02. The van der Waals surface area contributed by atoms with Crippen molar-refractivity contribution in [1.82, 2.24) is 10.2 Å². The molecular formula is C16H40N2. The molecule has 2 heterocycles. The largest absolute Gasteiger partial charge is 0.317 e. The lowest BCUT2D eigenvalue weighted by molar-refractivity contribution is 0.418. The van der Waals surface area contributed by atoms with Crippen LogP contribution in [0.2, 0.25) is 0 Å². The van der Waals surface area contributed by atoms with Gasteiger partial charge in [-0.2, -0.15) is 0 Å². The van der Waals surface area contributed by atoms with E-state index >= 15 is 0 Å². The fraction of sp³-hybridized carbons (Fsp3) is 1.00. The molecule has 114 valence electrons. The number of likely N-dealkylation sites (tertiary alicyclic amines) is 1. The molecule has 0 aromatic rings. The lowest BCUT2D eigenvalue weighted by Crippen LogP contribution is -2.10. The zero-order valence-corrected chi connectivity index (χ0v) is 14.3. The highest BCUT2D eigenvalue weighted by molar-refractivity contribution is 4.59. The first-order valence-corrected chi connectivity index (χ1v) is 8.20. The van der Waals surface area contributed by atoms with Gasteiger partial charge in [0.2, 0.25) is 0 Å². The van der Waals surface area contributed by atoms with Crippen molar-refractivity contribution in [2.24, 2.45) is 0 Å². The minimum atomic E-state index is 1.25. The maximum absolute atomic E-state index is 3.22. The molecule has 2 aliphatic rings. The Bertz CT molecular complexity index is 87.7. The van der Waals surface area contributed by atoms with Crippen molar-refractivity contribution in [2.75, 3.05) is 33.2 Å². The maximum Gasteiger partial charge on any atom is -0.00213 e. The van der Waals surface area contributed by atoms with E-state index in [9.17, 15) is 0 Å². The van der Waals surface area contributed by atoms with Crippen molar-refractivity contribution >= 4 is 0 Å². The average molecular weight is 261 g/mol. The number of hydrogen-bond acceptors (Lipinski definition) is 2. The SMILES string of the molecule is C1CCNC1.CC.CC.CCC.CN1CCCC1. The topological polar surface area (TPSA) is 15.3 Å². The van der Waals surface area contributed by atoms with Crippen LogP contribution in [0.5, 0.6) is 0 Å².